The fourth-order valence-electron chi connectivity index (χ4n) is 4.10. The standard InChI is InChI=1S/C28H29N3O6S/c1-5-6-15-36-22-13-9-20(10-14-22)25-24(27(33)37-17(2)3)18(4)29-28-30(25)26(32)23(38-28)16-19-7-11-21(12-8-19)31(34)35/h7-14,16-17,25H,5-6,15H2,1-4H3/b23-16-. The van der Waals surface area contributed by atoms with Crippen molar-refractivity contribution < 1.29 is 19.2 Å². The summed E-state index contributed by atoms with van der Waals surface area (Å²) in [6, 6.07) is 12.6. The van der Waals surface area contributed by atoms with Gasteiger partial charge < -0.3 is 9.47 Å². The van der Waals surface area contributed by atoms with Crippen molar-refractivity contribution in [2.45, 2.75) is 52.7 Å². The van der Waals surface area contributed by atoms with Crippen LogP contribution in [-0.4, -0.2) is 28.2 Å². The predicted octanol–water partition coefficient (Wildman–Crippen LogP) is 4.27. The summed E-state index contributed by atoms with van der Waals surface area (Å²) in [4.78, 5) is 42.4. The van der Waals surface area contributed by atoms with E-state index in [2.05, 4.69) is 11.9 Å². The Kier molecular flexibility index (Phi) is 8.21. The summed E-state index contributed by atoms with van der Waals surface area (Å²) in [5, 5.41) is 11.0. The number of hydrogen-bond acceptors (Lipinski definition) is 8. The molecule has 9 nitrogen and oxygen atoms in total. The average molecular weight is 536 g/mol. The van der Waals surface area contributed by atoms with Gasteiger partial charge in [0, 0.05) is 12.1 Å². The fourth-order valence-corrected chi connectivity index (χ4v) is 5.15. The van der Waals surface area contributed by atoms with E-state index in [1.54, 1.807) is 39.0 Å². The zero-order valence-electron chi connectivity index (χ0n) is 21.7. The third-order valence-electron chi connectivity index (χ3n) is 5.95. The van der Waals surface area contributed by atoms with Gasteiger partial charge in [-0.05, 0) is 68.7 Å². The van der Waals surface area contributed by atoms with Crippen molar-refractivity contribution in [2.75, 3.05) is 6.61 Å². The number of carbonyl (C=O) groups excluding carboxylic acids is 1. The lowest BCUT2D eigenvalue weighted by Gasteiger charge is -2.25. The van der Waals surface area contributed by atoms with Gasteiger partial charge in [0.05, 0.1) is 39.5 Å². The summed E-state index contributed by atoms with van der Waals surface area (Å²) < 4.78 is 13.2. The Bertz CT molecular complexity index is 1550. The van der Waals surface area contributed by atoms with Crippen LogP contribution in [0.3, 0.4) is 0 Å². The molecule has 0 N–H and O–H groups in total. The Morgan fingerprint density at radius 1 is 1.18 bits per heavy atom. The van der Waals surface area contributed by atoms with E-state index in [9.17, 15) is 19.7 Å². The second-order valence-electron chi connectivity index (χ2n) is 9.16. The van der Waals surface area contributed by atoms with E-state index in [1.807, 2.05) is 24.3 Å². The normalized spacial score (nSPS) is 15.3. The van der Waals surface area contributed by atoms with Crippen LogP contribution in [0.5, 0.6) is 5.75 Å². The van der Waals surface area contributed by atoms with Crippen LogP contribution in [0.25, 0.3) is 6.08 Å². The molecule has 4 rings (SSSR count). The number of unbranched alkanes of at least 4 members (excludes halogenated alkanes) is 1. The first-order valence-electron chi connectivity index (χ1n) is 12.4. The van der Waals surface area contributed by atoms with Crippen molar-refractivity contribution in [1.29, 1.82) is 0 Å². The highest BCUT2D eigenvalue weighted by atomic mass is 32.1. The zero-order valence-corrected chi connectivity index (χ0v) is 22.5. The van der Waals surface area contributed by atoms with Gasteiger partial charge in [-0.25, -0.2) is 9.79 Å². The first-order valence-corrected chi connectivity index (χ1v) is 13.2. The number of esters is 1. The molecular formula is C28H29N3O6S. The Morgan fingerprint density at radius 2 is 1.87 bits per heavy atom. The number of nitro groups is 1. The van der Waals surface area contributed by atoms with E-state index in [0.29, 0.717) is 38.5 Å². The highest BCUT2D eigenvalue weighted by molar-refractivity contribution is 7.07. The number of ether oxygens (including phenoxy) is 2. The summed E-state index contributed by atoms with van der Waals surface area (Å²) in [6.45, 7) is 7.98. The molecule has 1 atom stereocenters. The molecule has 0 fully saturated rings. The molecule has 0 amide bonds. The third-order valence-corrected chi connectivity index (χ3v) is 6.93. The number of benzene rings is 2. The van der Waals surface area contributed by atoms with Crippen LogP contribution in [-0.2, 0) is 9.53 Å². The van der Waals surface area contributed by atoms with Crippen molar-refractivity contribution >= 4 is 29.1 Å². The highest BCUT2D eigenvalue weighted by Gasteiger charge is 2.33. The maximum atomic E-state index is 13.7. The molecule has 0 aliphatic carbocycles. The van der Waals surface area contributed by atoms with Crippen LogP contribution in [0.15, 0.2) is 69.6 Å². The van der Waals surface area contributed by atoms with Crippen molar-refractivity contribution in [2.24, 2.45) is 4.99 Å². The van der Waals surface area contributed by atoms with Crippen LogP contribution in [0.2, 0.25) is 0 Å². The maximum Gasteiger partial charge on any atom is 0.338 e. The topological polar surface area (TPSA) is 113 Å². The molecule has 1 unspecified atom stereocenters. The lowest BCUT2D eigenvalue weighted by atomic mass is 9.96. The maximum absolute atomic E-state index is 13.7. The number of allylic oxidation sites excluding steroid dienone is 1. The molecule has 38 heavy (non-hydrogen) atoms. The lowest BCUT2D eigenvalue weighted by Crippen LogP contribution is -2.40. The smallest absolute Gasteiger partial charge is 0.338 e. The molecule has 0 saturated carbocycles. The molecular weight excluding hydrogens is 506 g/mol. The Morgan fingerprint density at radius 3 is 2.47 bits per heavy atom. The predicted molar refractivity (Wildman–Crippen MR) is 145 cm³/mol. The van der Waals surface area contributed by atoms with E-state index >= 15 is 0 Å². The van der Waals surface area contributed by atoms with Crippen LogP contribution < -0.4 is 19.6 Å². The number of carbonyl (C=O) groups is 1. The molecule has 0 saturated heterocycles. The number of thiazole rings is 1. The lowest BCUT2D eigenvalue weighted by molar-refractivity contribution is -0.384. The van der Waals surface area contributed by atoms with Crippen molar-refractivity contribution in [3.8, 4) is 5.75 Å². The molecule has 1 aliphatic heterocycles. The van der Waals surface area contributed by atoms with Crippen LogP contribution >= 0.6 is 11.3 Å². The number of nitro benzene ring substituents is 1. The SMILES string of the molecule is CCCCOc1ccc(C2C(C(=O)OC(C)C)=C(C)N=c3s/c(=C\c4ccc([N+](=O)[O-])cc4)c(=O)n32)cc1. The van der Waals surface area contributed by atoms with Gasteiger partial charge in [-0.15, -0.1) is 0 Å². The summed E-state index contributed by atoms with van der Waals surface area (Å²) in [5.41, 5.74) is 1.79. The van der Waals surface area contributed by atoms with E-state index in [1.165, 1.54) is 28.0 Å². The molecule has 2 aromatic carbocycles. The van der Waals surface area contributed by atoms with Crippen molar-refractivity contribution in [3.05, 3.63) is 101 Å². The summed E-state index contributed by atoms with van der Waals surface area (Å²) in [5.74, 6) is 0.180. The molecule has 2 heterocycles. The third kappa shape index (κ3) is 5.75. The Hall–Kier alpha value is -4.05. The highest BCUT2D eigenvalue weighted by Crippen LogP contribution is 2.32. The molecule has 198 valence electrons. The number of aromatic nitrogens is 1. The molecule has 0 spiro atoms. The largest absolute Gasteiger partial charge is 0.494 e. The molecule has 0 radical (unpaired) electrons. The minimum Gasteiger partial charge on any atom is -0.494 e. The molecule has 1 aliphatic rings. The van der Waals surface area contributed by atoms with Gasteiger partial charge in [-0.1, -0.05) is 36.8 Å². The van der Waals surface area contributed by atoms with Crippen molar-refractivity contribution in [1.82, 2.24) is 4.57 Å². The van der Waals surface area contributed by atoms with Gasteiger partial charge in [0.25, 0.3) is 11.2 Å². The fraction of sp³-hybridized carbons (Fsp3) is 0.321. The van der Waals surface area contributed by atoms with Gasteiger partial charge in [0.15, 0.2) is 4.80 Å². The van der Waals surface area contributed by atoms with Crippen LogP contribution in [0.4, 0.5) is 5.69 Å². The first-order chi connectivity index (χ1) is 18.2. The van der Waals surface area contributed by atoms with Gasteiger partial charge >= 0.3 is 5.97 Å². The number of hydrogen-bond donors (Lipinski definition) is 0. The van der Waals surface area contributed by atoms with E-state index in [0.717, 1.165) is 18.4 Å². The van der Waals surface area contributed by atoms with Crippen LogP contribution in [0, 0.1) is 10.1 Å². The Labute approximate surface area is 223 Å². The number of non-ortho nitro benzene ring substituents is 1. The summed E-state index contributed by atoms with van der Waals surface area (Å²) in [7, 11) is 0. The van der Waals surface area contributed by atoms with Gasteiger partial charge in [-0.2, -0.15) is 0 Å². The summed E-state index contributed by atoms with van der Waals surface area (Å²) >= 11 is 1.20. The van der Waals surface area contributed by atoms with Crippen LogP contribution in [0.1, 0.15) is 57.7 Å². The number of rotatable bonds is 9. The van der Waals surface area contributed by atoms with E-state index < -0.39 is 16.9 Å². The molecule has 1 aromatic heterocycles. The number of fused-ring (bicyclic) bond motifs is 1. The quantitative estimate of drug-likeness (QED) is 0.175. The van der Waals surface area contributed by atoms with E-state index in [4.69, 9.17) is 9.47 Å². The minimum atomic E-state index is -0.735. The minimum absolute atomic E-state index is 0.0327. The Balaban J connectivity index is 1.82. The van der Waals surface area contributed by atoms with Gasteiger partial charge in [-0.3, -0.25) is 19.5 Å². The monoisotopic (exact) mass is 535 g/mol. The number of nitrogens with zero attached hydrogens (tertiary/aromatic N) is 3. The molecule has 3 aromatic rings. The zero-order chi connectivity index (χ0) is 27.4. The van der Waals surface area contributed by atoms with Crippen molar-refractivity contribution in [3.63, 3.8) is 0 Å². The molecule has 0 bridgehead atoms. The van der Waals surface area contributed by atoms with E-state index in [-0.39, 0.29) is 17.4 Å². The second kappa shape index (κ2) is 11.6. The average Bonchev–Trinajstić information content (AvgIpc) is 3.17. The summed E-state index contributed by atoms with van der Waals surface area (Å²) in [6.07, 6.45) is 3.30. The van der Waals surface area contributed by atoms with Gasteiger partial charge in [0.2, 0.25) is 0 Å². The van der Waals surface area contributed by atoms with Gasteiger partial charge in [0.1, 0.15) is 5.75 Å². The first kappa shape index (κ1) is 27.0. The second-order valence-corrected chi connectivity index (χ2v) is 10.2. The molecule has 10 heteroatoms.